The van der Waals surface area contributed by atoms with Crippen LogP contribution >= 0.6 is 24.0 Å². The highest BCUT2D eigenvalue weighted by Gasteiger charge is 2.04. The number of ether oxygens (including phenoxy) is 1. The number of pyridine rings is 1. The maximum atomic E-state index is 5.62. The van der Waals surface area contributed by atoms with Crippen LogP contribution in [0.25, 0.3) is 0 Å². The minimum absolute atomic E-state index is 0. The van der Waals surface area contributed by atoms with Gasteiger partial charge in [0.05, 0.1) is 13.2 Å². The van der Waals surface area contributed by atoms with Crippen molar-refractivity contribution in [1.29, 1.82) is 0 Å². The number of nitrogens with one attached hydrogen (secondary N) is 2. The number of aromatic nitrogens is 1. The SMILES string of the molecule is CCCOc1ncccc1CN=C(NCC)NCC.I. The van der Waals surface area contributed by atoms with Gasteiger partial charge in [-0.1, -0.05) is 13.0 Å². The fraction of sp³-hybridized carbons (Fsp3) is 0.571. The zero-order valence-corrected chi connectivity index (χ0v) is 14.8. The van der Waals surface area contributed by atoms with Gasteiger partial charge in [0.15, 0.2) is 5.96 Å². The quantitative estimate of drug-likeness (QED) is 0.426. The number of rotatable bonds is 7. The summed E-state index contributed by atoms with van der Waals surface area (Å²) in [4.78, 5) is 8.77. The molecule has 0 spiro atoms. The van der Waals surface area contributed by atoms with E-state index >= 15 is 0 Å². The molecule has 6 heteroatoms. The number of hydrogen-bond acceptors (Lipinski definition) is 3. The molecular formula is C14H25IN4O. The van der Waals surface area contributed by atoms with E-state index in [9.17, 15) is 0 Å². The van der Waals surface area contributed by atoms with Gasteiger partial charge in [0.2, 0.25) is 5.88 Å². The van der Waals surface area contributed by atoms with E-state index in [1.54, 1.807) is 6.20 Å². The maximum Gasteiger partial charge on any atom is 0.218 e. The Balaban J connectivity index is 0.00000361. The average Bonchev–Trinajstić information content (AvgIpc) is 2.44. The highest BCUT2D eigenvalue weighted by atomic mass is 127. The second kappa shape index (κ2) is 11.7. The summed E-state index contributed by atoms with van der Waals surface area (Å²) in [6.07, 6.45) is 2.72. The number of guanidine groups is 1. The van der Waals surface area contributed by atoms with E-state index in [0.29, 0.717) is 19.0 Å². The smallest absolute Gasteiger partial charge is 0.218 e. The summed E-state index contributed by atoms with van der Waals surface area (Å²) in [5, 5.41) is 6.39. The van der Waals surface area contributed by atoms with Crippen molar-refractivity contribution >= 4 is 29.9 Å². The van der Waals surface area contributed by atoms with Crippen LogP contribution in [-0.2, 0) is 6.54 Å². The number of halogens is 1. The van der Waals surface area contributed by atoms with E-state index in [1.165, 1.54) is 0 Å². The Morgan fingerprint density at radius 1 is 1.25 bits per heavy atom. The topological polar surface area (TPSA) is 58.5 Å². The molecule has 0 amide bonds. The van der Waals surface area contributed by atoms with E-state index in [-0.39, 0.29) is 24.0 Å². The monoisotopic (exact) mass is 392 g/mol. The lowest BCUT2D eigenvalue weighted by atomic mass is 10.3. The van der Waals surface area contributed by atoms with Crippen LogP contribution in [0.2, 0.25) is 0 Å². The first-order valence-electron chi connectivity index (χ1n) is 6.90. The standard InChI is InChI=1S/C14H24N4O.HI/c1-4-10-19-13-12(8-7-9-17-13)11-18-14(15-5-2)16-6-3;/h7-9H,4-6,10-11H2,1-3H3,(H2,15,16,18);1H. The normalized spacial score (nSPS) is 9.35. The van der Waals surface area contributed by atoms with Crippen molar-refractivity contribution in [1.82, 2.24) is 15.6 Å². The van der Waals surface area contributed by atoms with Gasteiger partial charge in [-0.3, -0.25) is 0 Å². The van der Waals surface area contributed by atoms with Gasteiger partial charge in [-0.15, -0.1) is 24.0 Å². The molecule has 0 fully saturated rings. The number of aliphatic imine (C=N–C) groups is 1. The van der Waals surface area contributed by atoms with Gasteiger partial charge in [-0.25, -0.2) is 9.98 Å². The molecule has 0 aliphatic heterocycles. The van der Waals surface area contributed by atoms with Crippen LogP contribution in [0.4, 0.5) is 0 Å². The minimum Gasteiger partial charge on any atom is -0.477 e. The van der Waals surface area contributed by atoms with Gasteiger partial charge >= 0.3 is 0 Å². The Kier molecular flexibility index (Phi) is 11.1. The van der Waals surface area contributed by atoms with Gasteiger partial charge in [-0.2, -0.15) is 0 Å². The van der Waals surface area contributed by atoms with Crippen molar-refractivity contribution in [2.24, 2.45) is 4.99 Å². The average molecular weight is 392 g/mol. The van der Waals surface area contributed by atoms with Crippen molar-refractivity contribution in [2.45, 2.75) is 33.7 Å². The number of nitrogens with zero attached hydrogens (tertiary/aromatic N) is 2. The predicted octanol–water partition coefficient (Wildman–Crippen LogP) is 2.56. The summed E-state index contributed by atoms with van der Waals surface area (Å²) >= 11 is 0. The molecule has 0 aromatic carbocycles. The first kappa shape index (κ1) is 18.9. The first-order valence-corrected chi connectivity index (χ1v) is 6.90. The minimum atomic E-state index is 0. The summed E-state index contributed by atoms with van der Waals surface area (Å²) in [5.41, 5.74) is 1.00. The van der Waals surface area contributed by atoms with Crippen molar-refractivity contribution in [3.05, 3.63) is 23.9 Å². The molecule has 5 nitrogen and oxygen atoms in total. The Bertz CT molecular complexity index is 391. The highest BCUT2D eigenvalue weighted by molar-refractivity contribution is 14.0. The van der Waals surface area contributed by atoms with Crippen LogP contribution in [0, 0.1) is 0 Å². The molecule has 114 valence electrons. The Morgan fingerprint density at radius 2 is 1.95 bits per heavy atom. The van der Waals surface area contributed by atoms with Crippen LogP contribution in [-0.4, -0.2) is 30.6 Å². The zero-order valence-electron chi connectivity index (χ0n) is 12.5. The van der Waals surface area contributed by atoms with Crippen molar-refractivity contribution < 1.29 is 4.74 Å². The molecule has 1 aromatic rings. The van der Waals surface area contributed by atoms with Crippen LogP contribution in [0.3, 0.4) is 0 Å². The third-order valence-corrected chi connectivity index (χ3v) is 2.39. The molecule has 0 unspecified atom stereocenters. The van der Waals surface area contributed by atoms with E-state index < -0.39 is 0 Å². The van der Waals surface area contributed by atoms with E-state index in [0.717, 1.165) is 31.0 Å². The highest BCUT2D eigenvalue weighted by Crippen LogP contribution is 2.15. The molecule has 1 rings (SSSR count). The fourth-order valence-corrected chi connectivity index (χ4v) is 1.55. The summed E-state index contributed by atoms with van der Waals surface area (Å²) in [5.74, 6) is 1.50. The molecule has 0 saturated heterocycles. The molecule has 2 N–H and O–H groups in total. The Morgan fingerprint density at radius 3 is 2.55 bits per heavy atom. The summed E-state index contributed by atoms with van der Waals surface area (Å²) < 4.78 is 5.62. The molecule has 0 aliphatic carbocycles. The second-order valence-corrected chi connectivity index (χ2v) is 4.04. The lowest BCUT2D eigenvalue weighted by Crippen LogP contribution is -2.37. The van der Waals surface area contributed by atoms with Gasteiger partial charge < -0.3 is 15.4 Å². The van der Waals surface area contributed by atoms with Gasteiger partial charge in [0, 0.05) is 24.8 Å². The van der Waals surface area contributed by atoms with E-state index in [1.807, 2.05) is 26.0 Å². The second-order valence-electron chi connectivity index (χ2n) is 4.04. The van der Waals surface area contributed by atoms with E-state index in [2.05, 4.69) is 27.5 Å². The third kappa shape index (κ3) is 6.93. The Hall–Kier alpha value is -1.05. The van der Waals surface area contributed by atoms with Crippen LogP contribution in [0.15, 0.2) is 23.3 Å². The molecule has 0 atom stereocenters. The maximum absolute atomic E-state index is 5.62. The van der Waals surface area contributed by atoms with Crippen LogP contribution in [0.5, 0.6) is 5.88 Å². The largest absolute Gasteiger partial charge is 0.477 e. The van der Waals surface area contributed by atoms with Gasteiger partial charge in [0.1, 0.15) is 0 Å². The zero-order chi connectivity index (χ0) is 13.9. The summed E-state index contributed by atoms with van der Waals surface area (Å²) in [6, 6.07) is 3.90. The lowest BCUT2D eigenvalue weighted by Gasteiger charge is -2.11. The van der Waals surface area contributed by atoms with Gasteiger partial charge in [-0.05, 0) is 26.3 Å². The van der Waals surface area contributed by atoms with Crippen molar-refractivity contribution in [3.8, 4) is 5.88 Å². The van der Waals surface area contributed by atoms with E-state index in [4.69, 9.17) is 4.74 Å². The van der Waals surface area contributed by atoms with Gasteiger partial charge in [0.25, 0.3) is 0 Å². The van der Waals surface area contributed by atoms with Crippen molar-refractivity contribution in [3.63, 3.8) is 0 Å². The first-order chi connectivity index (χ1) is 9.31. The van der Waals surface area contributed by atoms with Crippen LogP contribution < -0.4 is 15.4 Å². The molecule has 1 aromatic heterocycles. The molecule has 0 aliphatic rings. The predicted molar refractivity (Wildman–Crippen MR) is 93.9 cm³/mol. The summed E-state index contributed by atoms with van der Waals surface area (Å²) in [6.45, 7) is 9.11. The van der Waals surface area contributed by atoms with Crippen LogP contribution in [0.1, 0.15) is 32.8 Å². The molecule has 1 heterocycles. The molecule has 0 radical (unpaired) electrons. The number of hydrogen-bond donors (Lipinski definition) is 2. The molecule has 20 heavy (non-hydrogen) atoms. The van der Waals surface area contributed by atoms with Crippen molar-refractivity contribution in [2.75, 3.05) is 19.7 Å². The Labute approximate surface area is 138 Å². The molecule has 0 bridgehead atoms. The molecular weight excluding hydrogens is 367 g/mol. The fourth-order valence-electron chi connectivity index (χ4n) is 1.55. The molecule has 0 saturated carbocycles. The third-order valence-electron chi connectivity index (χ3n) is 2.39. The summed E-state index contributed by atoms with van der Waals surface area (Å²) in [7, 11) is 0. The lowest BCUT2D eigenvalue weighted by molar-refractivity contribution is 0.302.